The van der Waals surface area contributed by atoms with Crippen molar-refractivity contribution >= 4 is 31.9 Å². The van der Waals surface area contributed by atoms with Crippen LogP contribution in [0.5, 0.6) is 0 Å². The quantitative estimate of drug-likeness (QED) is 0.715. The van der Waals surface area contributed by atoms with Gasteiger partial charge in [0.1, 0.15) is 0 Å². The van der Waals surface area contributed by atoms with Gasteiger partial charge in [0.25, 0.3) is 0 Å². The molecule has 0 radical (unpaired) electrons. The van der Waals surface area contributed by atoms with E-state index in [-0.39, 0.29) is 0 Å². The Hall–Kier alpha value is 0.0300. The summed E-state index contributed by atoms with van der Waals surface area (Å²) in [5.41, 5.74) is 1.05. The number of nitrogens with one attached hydrogen (secondary N) is 1. The van der Waals surface area contributed by atoms with Crippen molar-refractivity contribution in [3.05, 3.63) is 26.9 Å². The summed E-state index contributed by atoms with van der Waals surface area (Å²) in [6, 6.07) is 2.02. The molecule has 1 heterocycles. The van der Waals surface area contributed by atoms with Gasteiger partial charge in [0, 0.05) is 35.4 Å². The predicted octanol–water partition coefficient (Wildman–Crippen LogP) is 3.51. The summed E-state index contributed by atoms with van der Waals surface area (Å²) in [7, 11) is 1.75. The Balaban J connectivity index is 2.14. The van der Waals surface area contributed by atoms with Crippen LogP contribution in [-0.2, 0) is 11.3 Å². The summed E-state index contributed by atoms with van der Waals surface area (Å²) in [6.07, 6.45) is 5.34. The molecule has 0 aliphatic heterocycles. The van der Waals surface area contributed by atoms with Crippen molar-refractivity contribution in [3.8, 4) is 0 Å². The molecule has 0 bridgehead atoms. The van der Waals surface area contributed by atoms with Gasteiger partial charge in [-0.15, -0.1) is 0 Å². The first-order chi connectivity index (χ1) is 8.24. The highest BCUT2D eigenvalue weighted by molar-refractivity contribution is 9.11. The summed E-state index contributed by atoms with van der Waals surface area (Å²) in [5.74, 6) is 0. The van der Waals surface area contributed by atoms with Crippen LogP contribution >= 0.6 is 31.9 Å². The number of ether oxygens (including phenoxy) is 1. The Bertz CT molecular complexity index is 334. The van der Waals surface area contributed by atoms with Crippen LogP contribution in [0.2, 0.25) is 0 Å². The van der Waals surface area contributed by atoms with Crippen LogP contribution in [0.3, 0.4) is 0 Å². The third kappa shape index (κ3) is 6.50. The Morgan fingerprint density at radius 1 is 1.29 bits per heavy atom. The SMILES string of the molecule is COCCCCCNCc1ncc(Br)cc1Br. The molecule has 5 heteroatoms. The van der Waals surface area contributed by atoms with E-state index in [1.165, 1.54) is 12.8 Å². The minimum Gasteiger partial charge on any atom is -0.385 e. The number of hydrogen-bond acceptors (Lipinski definition) is 3. The van der Waals surface area contributed by atoms with Crippen molar-refractivity contribution in [2.45, 2.75) is 25.8 Å². The lowest BCUT2D eigenvalue weighted by Gasteiger charge is -2.06. The number of unbranched alkanes of at least 4 members (excludes halogenated alkanes) is 2. The minimum atomic E-state index is 0.804. The summed E-state index contributed by atoms with van der Waals surface area (Å²) < 4.78 is 7.04. The second kappa shape index (κ2) is 9.03. The Kier molecular flexibility index (Phi) is 8.01. The van der Waals surface area contributed by atoms with Crippen LogP contribution in [0.4, 0.5) is 0 Å². The van der Waals surface area contributed by atoms with Crippen molar-refractivity contribution in [2.24, 2.45) is 0 Å². The fourth-order valence-electron chi connectivity index (χ4n) is 1.45. The number of rotatable bonds is 8. The number of halogens is 2. The van der Waals surface area contributed by atoms with E-state index in [0.29, 0.717) is 0 Å². The fraction of sp³-hybridized carbons (Fsp3) is 0.583. The molecule has 3 nitrogen and oxygen atoms in total. The second-order valence-corrected chi connectivity index (χ2v) is 5.58. The molecule has 0 unspecified atom stereocenters. The molecule has 0 atom stereocenters. The van der Waals surface area contributed by atoms with Gasteiger partial charge in [0.2, 0.25) is 0 Å². The monoisotopic (exact) mass is 364 g/mol. The van der Waals surface area contributed by atoms with Crippen LogP contribution in [0.15, 0.2) is 21.2 Å². The zero-order valence-corrected chi connectivity index (χ0v) is 13.2. The molecule has 0 saturated heterocycles. The molecule has 0 aliphatic carbocycles. The van der Waals surface area contributed by atoms with Gasteiger partial charge in [-0.2, -0.15) is 0 Å². The summed E-state index contributed by atoms with van der Waals surface area (Å²) in [4.78, 5) is 4.35. The van der Waals surface area contributed by atoms with Crippen LogP contribution in [0.1, 0.15) is 25.0 Å². The third-order valence-corrected chi connectivity index (χ3v) is 3.50. The lowest BCUT2D eigenvalue weighted by molar-refractivity contribution is 0.192. The number of hydrogen-bond donors (Lipinski definition) is 1. The molecule has 0 aromatic carbocycles. The molecule has 1 aromatic heterocycles. The smallest absolute Gasteiger partial charge is 0.0684 e. The number of pyridine rings is 1. The molecular weight excluding hydrogens is 348 g/mol. The van der Waals surface area contributed by atoms with E-state index in [1.54, 1.807) is 7.11 Å². The molecule has 0 fully saturated rings. The number of nitrogens with zero attached hydrogens (tertiary/aromatic N) is 1. The van der Waals surface area contributed by atoms with Crippen molar-refractivity contribution < 1.29 is 4.74 Å². The first-order valence-electron chi connectivity index (χ1n) is 5.73. The van der Waals surface area contributed by atoms with E-state index in [9.17, 15) is 0 Å². The summed E-state index contributed by atoms with van der Waals surface area (Å²) in [6.45, 7) is 2.69. The molecule has 0 spiro atoms. The normalized spacial score (nSPS) is 10.8. The highest BCUT2D eigenvalue weighted by atomic mass is 79.9. The highest BCUT2D eigenvalue weighted by Crippen LogP contribution is 2.19. The first kappa shape index (κ1) is 15.1. The van der Waals surface area contributed by atoms with Gasteiger partial charge in [-0.1, -0.05) is 0 Å². The van der Waals surface area contributed by atoms with Crippen molar-refractivity contribution in [1.82, 2.24) is 10.3 Å². The van der Waals surface area contributed by atoms with E-state index < -0.39 is 0 Å². The largest absolute Gasteiger partial charge is 0.385 e. The van der Waals surface area contributed by atoms with Crippen LogP contribution in [0, 0.1) is 0 Å². The maximum atomic E-state index is 5.00. The van der Waals surface area contributed by atoms with Crippen molar-refractivity contribution in [3.63, 3.8) is 0 Å². The fourth-order valence-corrected chi connectivity index (χ4v) is 2.58. The molecule has 0 amide bonds. The van der Waals surface area contributed by atoms with Gasteiger partial charge < -0.3 is 10.1 Å². The zero-order chi connectivity index (χ0) is 12.5. The van der Waals surface area contributed by atoms with Crippen LogP contribution in [-0.4, -0.2) is 25.2 Å². The molecule has 96 valence electrons. The number of aromatic nitrogens is 1. The van der Waals surface area contributed by atoms with Gasteiger partial charge >= 0.3 is 0 Å². The average molecular weight is 366 g/mol. The topological polar surface area (TPSA) is 34.1 Å². The van der Waals surface area contributed by atoms with Gasteiger partial charge in [0.15, 0.2) is 0 Å². The maximum Gasteiger partial charge on any atom is 0.0684 e. The van der Waals surface area contributed by atoms with Gasteiger partial charge in [-0.05, 0) is 63.7 Å². The van der Waals surface area contributed by atoms with Crippen LogP contribution < -0.4 is 5.32 Å². The van der Waals surface area contributed by atoms with Gasteiger partial charge in [0.05, 0.1) is 5.69 Å². The van der Waals surface area contributed by atoms with Crippen LogP contribution in [0.25, 0.3) is 0 Å². The summed E-state index contributed by atoms with van der Waals surface area (Å²) in [5, 5.41) is 3.39. The third-order valence-electron chi connectivity index (χ3n) is 2.38. The average Bonchev–Trinajstić information content (AvgIpc) is 2.30. The lowest BCUT2D eigenvalue weighted by atomic mass is 10.2. The Morgan fingerprint density at radius 3 is 2.82 bits per heavy atom. The molecule has 17 heavy (non-hydrogen) atoms. The molecule has 0 saturated carbocycles. The maximum absolute atomic E-state index is 5.00. The van der Waals surface area contributed by atoms with Crippen molar-refractivity contribution in [2.75, 3.05) is 20.3 Å². The summed E-state index contributed by atoms with van der Waals surface area (Å²) >= 11 is 6.89. The number of methoxy groups -OCH3 is 1. The minimum absolute atomic E-state index is 0.804. The van der Waals surface area contributed by atoms with E-state index in [4.69, 9.17) is 4.74 Å². The van der Waals surface area contributed by atoms with E-state index in [0.717, 1.165) is 40.8 Å². The molecule has 1 aromatic rings. The van der Waals surface area contributed by atoms with Gasteiger partial charge in [-0.3, -0.25) is 4.98 Å². The van der Waals surface area contributed by atoms with E-state index in [1.807, 2.05) is 12.3 Å². The lowest BCUT2D eigenvalue weighted by Crippen LogP contribution is -2.16. The van der Waals surface area contributed by atoms with Crippen molar-refractivity contribution in [1.29, 1.82) is 0 Å². The highest BCUT2D eigenvalue weighted by Gasteiger charge is 2.01. The Labute approximate surface area is 120 Å². The van der Waals surface area contributed by atoms with E-state index >= 15 is 0 Å². The Morgan fingerprint density at radius 2 is 2.12 bits per heavy atom. The predicted molar refractivity (Wildman–Crippen MR) is 77.1 cm³/mol. The molecule has 1 N–H and O–H groups in total. The van der Waals surface area contributed by atoms with E-state index in [2.05, 4.69) is 42.2 Å². The first-order valence-corrected chi connectivity index (χ1v) is 7.32. The molecular formula is C12H18Br2N2O. The second-order valence-electron chi connectivity index (χ2n) is 3.81. The molecule has 1 rings (SSSR count). The molecule has 0 aliphatic rings. The zero-order valence-electron chi connectivity index (χ0n) is 10.0. The standard InChI is InChI=1S/C12H18Br2N2O/c1-17-6-4-2-3-5-15-9-12-11(14)7-10(13)8-16-12/h7-8,15H,2-6,9H2,1H3. The van der Waals surface area contributed by atoms with Gasteiger partial charge in [-0.25, -0.2) is 0 Å².